The highest BCUT2D eigenvalue weighted by Crippen LogP contribution is 2.16. The highest BCUT2D eigenvalue weighted by molar-refractivity contribution is 5.82. The van der Waals surface area contributed by atoms with E-state index in [2.05, 4.69) is 5.32 Å². The van der Waals surface area contributed by atoms with Crippen LogP contribution in [0.5, 0.6) is 0 Å². The molecule has 1 aliphatic heterocycles. The van der Waals surface area contributed by atoms with E-state index in [1.807, 2.05) is 0 Å². The summed E-state index contributed by atoms with van der Waals surface area (Å²) in [5.41, 5.74) is 0. The van der Waals surface area contributed by atoms with Crippen LogP contribution >= 0.6 is 0 Å². The zero-order valence-electron chi connectivity index (χ0n) is 10.9. The van der Waals surface area contributed by atoms with E-state index >= 15 is 0 Å². The maximum absolute atomic E-state index is 11.9. The maximum Gasteiger partial charge on any atom is 0.326 e. The number of aliphatic hydroxyl groups is 1. The number of carboxylic acids is 1. The van der Waals surface area contributed by atoms with Crippen molar-refractivity contribution in [2.75, 3.05) is 19.7 Å². The Morgan fingerprint density at radius 2 is 2.11 bits per heavy atom. The Morgan fingerprint density at radius 1 is 1.44 bits per heavy atom. The van der Waals surface area contributed by atoms with E-state index in [-0.39, 0.29) is 24.5 Å². The van der Waals surface area contributed by atoms with Crippen molar-refractivity contribution >= 4 is 12.0 Å². The van der Waals surface area contributed by atoms with E-state index in [1.165, 1.54) is 0 Å². The Balaban J connectivity index is 2.55. The van der Waals surface area contributed by atoms with E-state index in [0.717, 1.165) is 12.8 Å². The van der Waals surface area contributed by atoms with Gasteiger partial charge in [0.05, 0.1) is 0 Å². The third-order valence-electron chi connectivity index (χ3n) is 3.28. The molecule has 0 spiro atoms. The van der Waals surface area contributed by atoms with Gasteiger partial charge < -0.3 is 20.4 Å². The molecular weight excluding hydrogens is 236 g/mol. The topological polar surface area (TPSA) is 89.9 Å². The zero-order chi connectivity index (χ0) is 13.7. The summed E-state index contributed by atoms with van der Waals surface area (Å²) < 4.78 is 0. The number of hydrogen-bond donors (Lipinski definition) is 3. The van der Waals surface area contributed by atoms with Crippen molar-refractivity contribution in [2.45, 2.75) is 32.7 Å². The Kier molecular flexibility index (Phi) is 5.40. The van der Waals surface area contributed by atoms with Gasteiger partial charge in [-0.15, -0.1) is 0 Å². The molecule has 0 saturated carbocycles. The first-order valence-corrected chi connectivity index (χ1v) is 6.34. The molecule has 0 bridgehead atoms. The van der Waals surface area contributed by atoms with Gasteiger partial charge in [0, 0.05) is 19.7 Å². The molecule has 1 rings (SSSR count). The molecule has 6 nitrogen and oxygen atoms in total. The van der Waals surface area contributed by atoms with E-state index in [0.29, 0.717) is 13.1 Å². The number of rotatable bonds is 4. The predicted molar refractivity (Wildman–Crippen MR) is 66.2 cm³/mol. The number of aliphatic hydroxyl groups excluding tert-OH is 1. The van der Waals surface area contributed by atoms with Gasteiger partial charge in [0.2, 0.25) is 0 Å². The summed E-state index contributed by atoms with van der Waals surface area (Å²) in [5, 5.41) is 20.6. The molecule has 18 heavy (non-hydrogen) atoms. The molecule has 104 valence electrons. The Labute approximate surface area is 107 Å². The summed E-state index contributed by atoms with van der Waals surface area (Å²) in [5.74, 6) is -1.08. The number of hydrogen-bond acceptors (Lipinski definition) is 3. The van der Waals surface area contributed by atoms with Crippen LogP contribution in [-0.2, 0) is 4.79 Å². The monoisotopic (exact) mass is 258 g/mol. The summed E-state index contributed by atoms with van der Waals surface area (Å²) in [6.07, 6.45) is 1.75. The average molecular weight is 258 g/mol. The maximum atomic E-state index is 11.9. The lowest BCUT2D eigenvalue weighted by Crippen LogP contribution is -2.52. The van der Waals surface area contributed by atoms with Gasteiger partial charge >= 0.3 is 12.0 Å². The lowest BCUT2D eigenvalue weighted by Gasteiger charge is -2.33. The SMILES string of the molecule is CC(C)[C@@H](NC(=O)N1CCCC(CO)C1)C(=O)O. The van der Waals surface area contributed by atoms with Crippen LogP contribution in [0.15, 0.2) is 0 Å². The van der Waals surface area contributed by atoms with Crippen molar-refractivity contribution in [3.63, 3.8) is 0 Å². The number of amides is 2. The first-order valence-electron chi connectivity index (χ1n) is 6.34. The fourth-order valence-electron chi connectivity index (χ4n) is 2.14. The standard InChI is InChI=1S/C12H22N2O4/c1-8(2)10(11(16)17)13-12(18)14-5-3-4-9(6-14)7-15/h8-10,15H,3-7H2,1-2H3,(H,13,18)(H,16,17)/t9?,10-/m1/s1. The number of aliphatic carboxylic acids is 1. The number of piperidine rings is 1. The molecule has 1 fully saturated rings. The summed E-state index contributed by atoms with van der Waals surface area (Å²) in [6.45, 7) is 4.69. The fourth-order valence-corrected chi connectivity index (χ4v) is 2.14. The minimum atomic E-state index is -1.02. The molecule has 2 atom stereocenters. The fraction of sp³-hybridized carbons (Fsp3) is 0.833. The quantitative estimate of drug-likeness (QED) is 0.685. The van der Waals surface area contributed by atoms with Crippen LogP contribution in [0, 0.1) is 11.8 Å². The third-order valence-corrected chi connectivity index (χ3v) is 3.28. The Morgan fingerprint density at radius 3 is 2.61 bits per heavy atom. The van der Waals surface area contributed by atoms with E-state index in [4.69, 9.17) is 10.2 Å². The van der Waals surface area contributed by atoms with Crippen molar-refractivity contribution in [1.29, 1.82) is 0 Å². The summed E-state index contributed by atoms with van der Waals surface area (Å²) >= 11 is 0. The highest BCUT2D eigenvalue weighted by Gasteiger charge is 2.28. The number of carbonyl (C=O) groups excluding carboxylic acids is 1. The summed E-state index contributed by atoms with van der Waals surface area (Å²) in [6, 6.07) is -1.22. The normalized spacial score (nSPS) is 21.8. The minimum absolute atomic E-state index is 0.0658. The first kappa shape index (κ1) is 14.8. The molecule has 2 amide bonds. The van der Waals surface area contributed by atoms with Crippen LogP contribution in [0.3, 0.4) is 0 Å². The first-order chi connectivity index (χ1) is 8.45. The number of nitrogens with one attached hydrogen (secondary N) is 1. The molecule has 1 unspecified atom stereocenters. The van der Waals surface area contributed by atoms with Crippen molar-refractivity contribution in [3.05, 3.63) is 0 Å². The van der Waals surface area contributed by atoms with Gasteiger partial charge in [-0.2, -0.15) is 0 Å². The van der Waals surface area contributed by atoms with Crippen LogP contribution in [0.4, 0.5) is 4.79 Å². The smallest absolute Gasteiger partial charge is 0.326 e. The molecule has 1 heterocycles. The summed E-state index contributed by atoms with van der Waals surface area (Å²) in [7, 11) is 0. The van der Waals surface area contributed by atoms with Gasteiger partial charge in [-0.25, -0.2) is 9.59 Å². The number of urea groups is 1. The molecule has 0 aromatic carbocycles. The number of carboxylic acid groups (broad SMARTS) is 1. The Hall–Kier alpha value is -1.30. The largest absolute Gasteiger partial charge is 0.480 e. The van der Waals surface area contributed by atoms with Crippen molar-refractivity contribution in [1.82, 2.24) is 10.2 Å². The van der Waals surface area contributed by atoms with Gasteiger partial charge in [0.25, 0.3) is 0 Å². The van der Waals surface area contributed by atoms with E-state index < -0.39 is 12.0 Å². The average Bonchev–Trinajstić information content (AvgIpc) is 2.34. The van der Waals surface area contributed by atoms with Crippen LogP contribution in [0.2, 0.25) is 0 Å². The van der Waals surface area contributed by atoms with Crippen molar-refractivity contribution < 1.29 is 19.8 Å². The number of nitrogens with zero attached hydrogens (tertiary/aromatic N) is 1. The van der Waals surface area contributed by atoms with E-state index in [1.54, 1.807) is 18.7 Å². The van der Waals surface area contributed by atoms with Gasteiger partial charge in [-0.3, -0.25) is 0 Å². The second-order valence-corrected chi connectivity index (χ2v) is 5.15. The second-order valence-electron chi connectivity index (χ2n) is 5.15. The molecule has 3 N–H and O–H groups in total. The number of carbonyl (C=O) groups is 2. The molecule has 0 aromatic rings. The summed E-state index contributed by atoms with van der Waals surface area (Å²) in [4.78, 5) is 24.5. The molecule has 1 saturated heterocycles. The van der Waals surface area contributed by atoms with Crippen molar-refractivity contribution in [2.24, 2.45) is 11.8 Å². The molecule has 0 aliphatic carbocycles. The van der Waals surface area contributed by atoms with Crippen LogP contribution in [0.1, 0.15) is 26.7 Å². The van der Waals surface area contributed by atoms with Crippen molar-refractivity contribution in [3.8, 4) is 0 Å². The minimum Gasteiger partial charge on any atom is -0.480 e. The number of likely N-dealkylation sites (tertiary alicyclic amines) is 1. The lowest BCUT2D eigenvalue weighted by molar-refractivity contribution is -0.140. The van der Waals surface area contributed by atoms with Crippen LogP contribution in [-0.4, -0.2) is 52.9 Å². The van der Waals surface area contributed by atoms with Gasteiger partial charge in [0.1, 0.15) is 6.04 Å². The molecule has 6 heteroatoms. The molecule has 0 aromatic heterocycles. The third kappa shape index (κ3) is 3.87. The van der Waals surface area contributed by atoms with Gasteiger partial charge in [-0.1, -0.05) is 13.8 Å². The van der Waals surface area contributed by atoms with E-state index in [9.17, 15) is 9.59 Å². The molecular formula is C12H22N2O4. The van der Waals surface area contributed by atoms with Gasteiger partial charge in [0.15, 0.2) is 0 Å². The molecule has 1 aliphatic rings. The van der Waals surface area contributed by atoms with Gasteiger partial charge in [-0.05, 0) is 24.7 Å². The molecule has 0 radical (unpaired) electrons. The predicted octanol–water partition coefficient (Wildman–Crippen LogP) is 0.509. The lowest BCUT2D eigenvalue weighted by atomic mass is 9.99. The zero-order valence-corrected chi connectivity index (χ0v) is 10.9. The van der Waals surface area contributed by atoms with Crippen LogP contribution in [0.25, 0.3) is 0 Å². The van der Waals surface area contributed by atoms with Crippen LogP contribution < -0.4 is 5.32 Å². The highest BCUT2D eigenvalue weighted by atomic mass is 16.4. The second kappa shape index (κ2) is 6.58. The Bertz CT molecular complexity index is 306.